The Bertz CT molecular complexity index is 1090. The number of nitro benzene ring substituents is 1. The standard InChI is InChI=1S/C19H18N4O5/c1-28-10-9-22-19(25)16-8-3-2-7-15(16)17(21-22)12-20-18(24)13-5-4-6-14(11-13)23(26)27/h2-8,11H,9-10,12H2,1H3,(H,20,24). The summed E-state index contributed by atoms with van der Waals surface area (Å²) in [5, 5.41) is 19.1. The number of carbonyl (C=O) groups is 1. The summed E-state index contributed by atoms with van der Waals surface area (Å²) in [6.07, 6.45) is 0. The molecule has 1 amide bonds. The molecule has 0 atom stereocenters. The summed E-state index contributed by atoms with van der Waals surface area (Å²) in [6.45, 7) is 0.673. The van der Waals surface area contributed by atoms with Crippen LogP contribution in [-0.2, 0) is 17.8 Å². The first-order valence-electron chi connectivity index (χ1n) is 8.51. The zero-order valence-electron chi connectivity index (χ0n) is 15.1. The van der Waals surface area contributed by atoms with E-state index < -0.39 is 10.8 Å². The number of non-ortho nitro benzene ring substituents is 1. The summed E-state index contributed by atoms with van der Waals surface area (Å²) in [4.78, 5) is 35.3. The van der Waals surface area contributed by atoms with E-state index in [2.05, 4.69) is 10.4 Å². The minimum atomic E-state index is -0.558. The molecule has 0 aliphatic carbocycles. The van der Waals surface area contributed by atoms with Gasteiger partial charge in [0.25, 0.3) is 17.2 Å². The Morgan fingerprint density at radius 3 is 2.68 bits per heavy atom. The largest absolute Gasteiger partial charge is 0.383 e. The number of ether oxygens (including phenoxy) is 1. The van der Waals surface area contributed by atoms with Crippen LogP contribution in [0.15, 0.2) is 53.3 Å². The first-order chi connectivity index (χ1) is 13.5. The van der Waals surface area contributed by atoms with Gasteiger partial charge in [0.15, 0.2) is 0 Å². The minimum Gasteiger partial charge on any atom is -0.383 e. The second kappa shape index (κ2) is 8.40. The number of aromatic nitrogens is 2. The molecule has 0 radical (unpaired) electrons. The van der Waals surface area contributed by atoms with E-state index in [0.717, 1.165) is 0 Å². The highest BCUT2D eigenvalue weighted by atomic mass is 16.6. The Hall–Kier alpha value is -3.59. The molecule has 144 valence electrons. The van der Waals surface area contributed by atoms with Crippen molar-refractivity contribution >= 4 is 22.4 Å². The number of amides is 1. The molecule has 0 saturated carbocycles. The molecule has 0 bridgehead atoms. The zero-order valence-corrected chi connectivity index (χ0v) is 15.1. The Morgan fingerprint density at radius 1 is 1.21 bits per heavy atom. The molecule has 2 aromatic carbocycles. The first kappa shape index (κ1) is 19.2. The third-order valence-corrected chi connectivity index (χ3v) is 4.19. The monoisotopic (exact) mass is 382 g/mol. The number of methoxy groups -OCH3 is 1. The van der Waals surface area contributed by atoms with Crippen molar-refractivity contribution in [1.82, 2.24) is 15.1 Å². The van der Waals surface area contributed by atoms with Crippen molar-refractivity contribution < 1.29 is 14.5 Å². The third-order valence-electron chi connectivity index (χ3n) is 4.19. The molecule has 1 N–H and O–H groups in total. The Kier molecular flexibility index (Phi) is 5.75. The summed E-state index contributed by atoms with van der Waals surface area (Å²) >= 11 is 0. The summed E-state index contributed by atoms with van der Waals surface area (Å²) < 4.78 is 6.32. The topological polar surface area (TPSA) is 116 Å². The Morgan fingerprint density at radius 2 is 1.96 bits per heavy atom. The van der Waals surface area contributed by atoms with Gasteiger partial charge >= 0.3 is 0 Å². The van der Waals surface area contributed by atoms with E-state index in [1.54, 1.807) is 24.3 Å². The van der Waals surface area contributed by atoms with Gasteiger partial charge in [-0.05, 0) is 12.1 Å². The smallest absolute Gasteiger partial charge is 0.274 e. The summed E-state index contributed by atoms with van der Waals surface area (Å²) in [5.41, 5.74) is 0.294. The highest BCUT2D eigenvalue weighted by Crippen LogP contribution is 2.15. The zero-order chi connectivity index (χ0) is 20.1. The van der Waals surface area contributed by atoms with Crippen molar-refractivity contribution in [3.8, 4) is 0 Å². The fourth-order valence-corrected chi connectivity index (χ4v) is 2.79. The molecular formula is C19H18N4O5. The van der Waals surface area contributed by atoms with Crippen LogP contribution in [0, 0.1) is 10.1 Å². The lowest BCUT2D eigenvalue weighted by atomic mass is 10.1. The molecule has 9 heteroatoms. The quantitative estimate of drug-likeness (QED) is 0.493. The molecule has 3 aromatic rings. The number of hydrogen-bond donors (Lipinski definition) is 1. The van der Waals surface area contributed by atoms with Crippen LogP contribution < -0.4 is 10.9 Å². The number of hydrogen-bond acceptors (Lipinski definition) is 6. The van der Waals surface area contributed by atoms with Crippen molar-refractivity contribution in [2.45, 2.75) is 13.1 Å². The van der Waals surface area contributed by atoms with E-state index in [-0.39, 0.29) is 29.9 Å². The SMILES string of the molecule is COCCn1nc(CNC(=O)c2cccc([N+](=O)[O-])c2)c2ccccc2c1=O. The van der Waals surface area contributed by atoms with Crippen LogP contribution in [0.4, 0.5) is 5.69 Å². The van der Waals surface area contributed by atoms with Gasteiger partial charge in [-0.25, -0.2) is 4.68 Å². The molecular weight excluding hydrogens is 364 g/mol. The molecule has 28 heavy (non-hydrogen) atoms. The predicted octanol–water partition coefficient (Wildman–Crippen LogP) is 1.88. The number of fused-ring (bicyclic) bond motifs is 1. The first-order valence-corrected chi connectivity index (χ1v) is 8.51. The fourth-order valence-electron chi connectivity index (χ4n) is 2.79. The maximum atomic E-state index is 12.5. The maximum Gasteiger partial charge on any atom is 0.274 e. The van der Waals surface area contributed by atoms with Crippen LogP contribution in [0.3, 0.4) is 0 Å². The van der Waals surface area contributed by atoms with Gasteiger partial charge in [-0.3, -0.25) is 19.7 Å². The number of nitrogens with one attached hydrogen (secondary N) is 1. The van der Waals surface area contributed by atoms with Crippen molar-refractivity contribution in [2.75, 3.05) is 13.7 Å². The highest BCUT2D eigenvalue weighted by molar-refractivity contribution is 5.95. The number of carbonyl (C=O) groups excluding carboxylic acids is 1. The van der Waals surface area contributed by atoms with Crippen LogP contribution in [-0.4, -0.2) is 34.3 Å². The summed E-state index contributed by atoms with van der Waals surface area (Å²) in [7, 11) is 1.53. The minimum absolute atomic E-state index is 0.0648. The van der Waals surface area contributed by atoms with E-state index in [4.69, 9.17) is 4.74 Å². The lowest BCUT2D eigenvalue weighted by molar-refractivity contribution is -0.384. The molecule has 9 nitrogen and oxygen atoms in total. The number of benzene rings is 2. The van der Waals surface area contributed by atoms with Crippen LogP contribution >= 0.6 is 0 Å². The van der Waals surface area contributed by atoms with Crippen LogP contribution in [0.2, 0.25) is 0 Å². The average Bonchev–Trinajstić information content (AvgIpc) is 2.72. The lowest BCUT2D eigenvalue weighted by Crippen LogP contribution is -2.29. The second-order valence-corrected chi connectivity index (χ2v) is 6.00. The highest BCUT2D eigenvalue weighted by Gasteiger charge is 2.14. The van der Waals surface area contributed by atoms with Gasteiger partial charge in [0.2, 0.25) is 0 Å². The third kappa shape index (κ3) is 4.04. The maximum absolute atomic E-state index is 12.5. The van der Waals surface area contributed by atoms with Crippen molar-refractivity contribution in [1.29, 1.82) is 0 Å². The molecule has 3 rings (SSSR count). The number of nitrogens with zero attached hydrogens (tertiary/aromatic N) is 3. The molecule has 0 saturated heterocycles. The van der Waals surface area contributed by atoms with Gasteiger partial charge in [0.1, 0.15) is 0 Å². The van der Waals surface area contributed by atoms with E-state index >= 15 is 0 Å². The van der Waals surface area contributed by atoms with Gasteiger partial charge in [-0.15, -0.1) is 0 Å². The molecule has 0 spiro atoms. The molecule has 1 heterocycles. The van der Waals surface area contributed by atoms with Crippen molar-refractivity contribution in [3.63, 3.8) is 0 Å². The Balaban J connectivity index is 1.88. The molecule has 0 aliphatic rings. The molecule has 0 fully saturated rings. The normalized spacial score (nSPS) is 10.8. The van der Waals surface area contributed by atoms with Gasteiger partial charge < -0.3 is 10.1 Å². The van der Waals surface area contributed by atoms with E-state index in [9.17, 15) is 19.7 Å². The van der Waals surface area contributed by atoms with Crippen LogP contribution in [0.1, 0.15) is 16.1 Å². The van der Waals surface area contributed by atoms with E-state index in [0.29, 0.717) is 23.1 Å². The second-order valence-electron chi connectivity index (χ2n) is 6.00. The van der Waals surface area contributed by atoms with Crippen molar-refractivity contribution in [3.05, 3.63) is 80.3 Å². The predicted molar refractivity (Wildman–Crippen MR) is 102 cm³/mol. The molecule has 1 aromatic heterocycles. The number of rotatable bonds is 7. The van der Waals surface area contributed by atoms with E-state index in [1.165, 1.54) is 36.1 Å². The fraction of sp³-hybridized carbons (Fsp3) is 0.211. The summed E-state index contributed by atoms with van der Waals surface area (Å²) in [5.74, 6) is -0.468. The number of nitro groups is 1. The van der Waals surface area contributed by atoms with Crippen molar-refractivity contribution in [2.24, 2.45) is 0 Å². The molecule has 0 aliphatic heterocycles. The summed E-state index contributed by atoms with van der Waals surface area (Å²) in [6, 6.07) is 12.5. The van der Waals surface area contributed by atoms with Crippen LogP contribution in [0.5, 0.6) is 0 Å². The van der Waals surface area contributed by atoms with Gasteiger partial charge in [0.05, 0.1) is 35.7 Å². The molecule has 0 unspecified atom stereocenters. The van der Waals surface area contributed by atoms with Gasteiger partial charge in [-0.1, -0.05) is 24.3 Å². The lowest BCUT2D eigenvalue weighted by Gasteiger charge is -2.11. The van der Waals surface area contributed by atoms with E-state index in [1.807, 2.05) is 0 Å². The van der Waals surface area contributed by atoms with Gasteiger partial charge in [-0.2, -0.15) is 5.10 Å². The average molecular weight is 382 g/mol. The Labute approximate surface area is 159 Å². The van der Waals surface area contributed by atoms with Crippen LogP contribution in [0.25, 0.3) is 10.8 Å². The van der Waals surface area contributed by atoms with Gasteiger partial charge in [0, 0.05) is 30.2 Å².